The molecule has 0 amide bonds. The van der Waals surface area contributed by atoms with Crippen LogP contribution in [0.4, 0.5) is 4.39 Å². The van der Waals surface area contributed by atoms with E-state index in [-0.39, 0.29) is 11.2 Å². The predicted octanol–water partition coefficient (Wildman–Crippen LogP) is 3.30. The zero-order chi connectivity index (χ0) is 15.0. The van der Waals surface area contributed by atoms with Crippen LogP contribution in [0.5, 0.6) is 0 Å². The molecule has 1 unspecified atom stereocenters. The smallest absolute Gasteiger partial charge is 0.123 e. The molecule has 0 saturated carbocycles. The predicted molar refractivity (Wildman–Crippen MR) is 81.6 cm³/mol. The van der Waals surface area contributed by atoms with Gasteiger partial charge in [-0.25, -0.2) is 4.39 Å². The van der Waals surface area contributed by atoms with Crippen molar-refractivity contribution in [1.82, 2.24) is 15.1 Å². The second kappa shape index (κ2) is 5.26. The standard InChI is InChI=1S/C17H22FN3/c1-17(2)8-15(19-3)14-10-20-21(16(14)9-17)11-12-4-6-13(18)7-5-12/h4-7,10,15,19H,8-9,11H2,1-3H3. The summed E-state index contributed by atoms with van der Waals surface area (Å²) in [7, 11) is 2.01. The number of aromatic nitrogens is 2. The van der Waals surface area contributed by atoms with E-state index in [1.54, 1.807) is 0 Å². The molecule has 21 heavy (non-hydrogen) atoms. The second-order valence-electron chi connectivity index (χ2n) is 6.72. The van der Waals surface area contributed by atoms with Crippen molar-refractivity contribution in [1.29, 1.82) is 0 Å². The molecule has 3 nitrogen and oxygen atoms in total. The average Bonchev–Trinajstić information content (AvgIpc) is 2.82. The monoisotopic (exact) mass is 287 g/mol. The number of fused-ring (bicyclic) bond motifs is 1. The summed E-state index contributed by atoms with van der Waals surface area (Å²) in [6, 6.07) is 7.03. The summed E-state index contributed by atoms with van der Waals surface area (Å²) in [5.74, 6) is -0.197. The molecule has 2 aromatic rings. The Morgan fingerprint density at radius 1 is 1.33 bits per heavy atom. The summed E-state index contributed by atoms with van der Waals surface area (Å²) in [5, 5.41) is 7.96. The fourth-order valence-electron chi connectivity index (χ4n) is 3.25. The van der Waals surface area contributed by atoms with E-state index in [0.29, 0.717) is 12.6 Å². The molecule has 0 saturated heterocycles. The van der Waals surface area contributed by atoms with E-state index < -0.39 is 0 Å². The summed E-state index contributed by atoms with van der Waals surface area (Å²) in [6.07, 6.45) is 4.13. The third-order valence-electron chi connectivity index (χ3n) is 4.35. The van der Waals surface area contributed by atoms with E-state index in [9.17, 15) is 4.39 Å². The van der Waals surface area contributed by atoms with Crippen LogP contribution in [-0.4, -0.2) is 16.8 Å². The third-order valence-corrected chi connectivity index (χ3v) is 4.35. The lowest BCUT2D eigenvalue weighted by molar-refractivity contribution is 0.258. The Kier molecular flexibility index (Phi) is 3.57. The van der Waals surface area contributed by atoms with Gasteiger partial charge in [0.15, 0.2) is 0 Å². The fraction of sp³-hybridized carbons (Fsp3) is 0.471. The van der Waals surface area contributed by atoms with Crippen LogP contribution in [0.25, 0.3) is 0 Å². The van der Waals surface area contributed by atoms with E-state index in [1.807, 2.05) is 25.4 Å². The van der Waals surface area contributed by atoms with Gasteiger partial charge in [-0.2, -0.15) is 5.10 Å². The van der Waals surface area contributed by atoms with E-state index >= 15 is 0 Å². The molecule has 3 rings (SSSR count). The highest BCUT2D eigenvalue weighted by Gasteiger charge is 2.34. The Bertz CT molecular complexity index is 628. The molecule has 1 aromatic heterocycles. The van der Waals surface area contributed by atoms with Crippen molar-refractivity contribution in [3.05, 3.63) is 53.1 Å². The maximum atomic E-state index is 13.0. The van der Waals surface area contributed by atoms with Crippen molar-refractivity contribution in [2.24, 2.45) is 5.41 Å². The number of hydrogen-bond acceptors (Lipinski definition) is 2. The van der Waals surface area contributed by atoms with Crippen LogP contribution in [-0.2, 0) is 13.0 Å². The lowest BCUT2D eigenvalue weighted by Gasteiger charge is -2.35. The topological polar surface area (TPSA) is 29.9 Å². The van der Waals surface area contributed by atoms with Crippen LogP contribution in [0.1, 0.15) is 43.1 Å². The summed E-state index contributed by atoms with van der Waals surface area (Å²) in [4.78, 5) is 0. The van der Waals surface area contributed by atoms with Crippen LogP contribution >= 0.6 is 0 Å². The number of halogens is 1. The van der Waals surface area contributed by atoms with Crippen molar-refractivity contribution in [3.63, 3.8) is 0 Å². The molecule has 0 aliphatic heterocycles. The van der Waals surface area contributed by atoms with Crippen LogP contribution in [0.2, 0.25) is 0 Å². The number of nitrogens with one attached hydrogen (secondary N) is 1. The van der Waals surface area contributed by atoms with Crippen molar-refractivity contribution >= 4 is 0 Å². The summed E-state index contributed by atoms with van der Waals surface area (Å²) in [5.41, 5.74) is 3.95. The molecule has 0 radical (unpaired) electrons. The lowest BCUT2D eigenvalue weighted by atomic mass is 9.74. The van der Waals surface area contributed by atoms with Gasteiger partial charge in [0.25, 0.3) is 0 Å². The Labute approximate surface area is 125 Å². The van der Waals surface area contributed by atoms with Gasteiger partial charge in [0.05, 0.1) is 12.7 Å². The average molecular weight is 287 g/mol. The molecule has 0 bridgehead atoms. The second-order valence-corrected chi connectivity index (χ2v) is 6.72. The zero-order valence-electron chi connectivity index (χ0n) is 12.9. The highest BCUT2D eigenvalue weighted by atomic mass is 19.1. The molecule has 1 aliphatic carbocycles. The first-order chi connectivity index (χ1) is 9.98. The third kappa shape index (κ3) is 2.86. The zero-order valence-corrected chi connectivity index (χ0v) is 12.9. The Balaban J connectivity index is 1.91. The highest BCUT2D eigenvalue weighted by Crippen LogP contribution is 2.40. The molecule has 4 heteroatoms. The Morgan fingerprint density at radius 3 is 2.71 bits per heavy atom. The molecule has 1 heterocycles. The largest absolute Gasteiger partial charge is 0.313 e. The van der Waals surface area contributed by atoms with Gasteiger partial charge in [0.1, 0.15) is 5.82 Å². The van der Waals surface area contributed by atoms with Gasteiger partial charge in [-0.1, -0.05) is 26.0 Å². The van der Waals surface area contributed by atoms with Crippen molar-refractivity contribution in [3.8, 4) is 0 Å². The minimum absolute atomic E-state index is 0.197. The van der Waals surface area contributed by atoms with Crippen LogP contribution in [0.15, 0.2) is 30.5 Å². The van der Waals surface area contributed by atoms with Gasteiger partial charge in [-0.3, -0.25) is 4.68 Å². The molecule has 1 N–H and O–H groups in total. The SMILES string of the molecule is CNC1CC(C)(C)Cc2c1cnn2Cc1ccc(F)cc1. The minimum Gasteiger partial charge on any atom is -0.313 e. The van der Waals surface area contributed by atoms with E-state index in [4.69, 9.17) is 0 Å². The van der Waals surface area contributed by atoms with Gasteiger partial charge >= 0.3 is 0 Å². The summed E-state index contributed by atoms with van der Waals surface area (Å²) >= 11 is 0. The van der Waals surface area contributed by atoms with Crippen LogP contribution in [0, 0.1) is 11.2 Å². The van der Waals surface area contributed by atoms with E-state index in [0.717, 1.165) is 18.4 Å². The molecule has 1 aromatic carbocycles. The van der Waals surface area contributed by atoms with Gasteiger partial charge in [0, 0.05) is 17.3 Å². The molecular weight excluding hydrogens is 265 g/mol. The van der Waals surface area contributed by atoms with Crippen molar-refractivity contribution in [2.45, 2.75) is 39.3 Å². The maximum absolute atomic E-state index is 13.0. The van der Waals surface area contributed by atoms with E-state index in [2.05, 4.69) is 28.9 Å². The van der Waals surface area contributed by atoms with E-state index in [1.165, 1.54) is 23.4 Å². The first kappa shape index (κ1) is 14.3. The van der Waals surface area contributed by atoms with Gasteiger partial charge < -0.3 is 5.32 Å². The number of benzene rings is 1. The first-order valence-corrected chi connectivity index (χ1v) is 7.45. The number of hydrogen-bond donors (Lipinski definition) is 1. The Morgan fingerprint density at radius 2 is 2.05 bits per heavy atom. The normalized spacial score (nSPS) is 20.3. The highest BCUT2D eigenvalue weighted by molar-refractivity contribution is 5.28. The Hall–Kier alpha value is -1.68. The van der Waals surface area contributed by atoms with Crippen molar-refractivity contribution in [2.75, 3.05) is 7.05 Å². The lowest BCUT2D eigenvalue weighted by Crippen LogP contribution is -2.32. The molecule has 0 spiro atoms. The van der Waals surface area contributed by atoms with Gasteiger partial charge in [0.2, 0.25) is 0 Å². The first-order valence-electron chi connectivity index (χ1n) is 7.45. The molecule has 112 valence electrons. The molecule has 1 atom stereocenters. The molecule has 1 aliphatic rings. The van der Waals surface area contributed by atoms with Crippen molar-refractivity contribution < 1.29 is 4.39 Å². The quantitative estimate of drug-likeness (QED) is 0.938. The summed E-state index contributed by atoms with van der Waals surface area (Å²) in [6.45, 7) is 5.30. The summed E-state index contributed by atoms with van der Waals surface area (Å²) < 4.78 is 15.1. The minimum atomic E-state index is -0.197. The fourth-order valence-corrected chi connectivity index (χ4v) is 3.25. The molecular formula is C17H22FN3. The maximum Gasteiger partial charge on any atom is 0.123 e. The number of rotatable bonds is 3. The van der Waals surface area contributed by atoms with Crippen LogP contribution in [0.3, 0.4) is 0 Å². The molecule has 0 fully saturated rings. The van der Waals surface area contributed by atoms with Gasteiger partial charge in [-0.05, 0) is 43.0 Å². The van der Waals surface area contributed by atoms with Crippen LogP contribution < -0.4 is 5.32 Å². The number of nitrogens with zero attached hydrogens (tertiary/aromatic N) is 2. The van der Waals surface area contributed by atoms with Gasteiger partial charge in [-0.15, -0.1) is 0 Å².